The van der Waals surface area contributed by atoms with Gasteiger partial charge in [-0.1, -0.05) is 25.3 Å². The number of carbonyl (C=O) groups excluding carboxylic acids is 1. The number of rotatable bonds is 4. The van der Waals surface area contributed by atoms with Crippen molar-refractivity contribution in [2.45, 2.75) is 63.5 Å². The van der Waals surface area contributed by atoms with E-state index in [1.807, 2.05) is 41.7 Å². The summed E-state index contributed by atoms with van der Waals surface area (Å²) in [7, 11) is 0. The Morgan fingerprint density at radius 1 is 1.04 bits per heavy atom. The molecule has 27 heavy (non-hydrogen) atoms. The Labute approximate surface area is 161 Å². The van der Waals surface area contributed by atoms with Crippen LogP contribution in [0.3, 0.4) is 0 Å². The normalized spacial score (nSPS) is 19.2. The van der Waals surface area contributed by atoms with E-state index >= 15 is 0 Å². The molecule has 1 saturated carbocycles. The molecule has 2 fully saturated rings. The molecular formula is C21H29N5O. The van der Waals surface area contributed by atoms with Gasteiger partial charge in [-0.15, -0.1) is 0 Å². The minimum Gasteiger partial charge on any atom is -0.335 e. The van der Waals surface area contributed by atoms with Crippen LogP contribution in [0, 0.1) is 0 Å². The summed E-state index contributed by atoms with van der Waals surface area (Å²) < 4.78 is 2.20. The third-order valence-electron chi connectivity index (χ3n) is 5.89. The number of nitrogens with one attached hydrogen (secondary N) is 1. The van der Waals surface area contributed by atoms with E-state index in [0.717, 1.165) is 56.8 Å². The van der Waals surface area contributed by atoms with Crippen molar-refractivity contribution in [2.24, 2.45) is 0 Å². The van der Waals surface area contributed by atoms with Gasteiger partial charge >= 0.3 is 6.03 Å². The van der Waals surface area contributed by atoms with E-state index < -0.39 is 0 Å². The third-order valence-corrected chi connectivity index (χ3v) is 5.89. The second kappa shape index (κ2) is 8.55. The number of hydrogen-bond acceptors (Lipinski definition) is 3. The lowest BCUT2D eigenvalue weighted by Gasteiger charge is -2.33. The minimum atomic E-state index is 0.122. The average Bonchev–Trinajstić information content (AvgIpc) is 3.18. The molecule has 6 heteroatoms. The number of amides is 2. The standard InChI is InChI=1S/C21H29N5O/c27-21(24-18-6-2-1-3-7-18)25-13-9-17(10-14-25)20-23-12-15-26(20)16-19-8-4-5-11-22-19/h4-5,8,11-12,15,17-18H,1-3,6-7,9-10,13-14,16H2,(H,24,27). The van der Waals surface area contributed by atoms with Crippen LogP contribution < -0.4 is 5.32 Å². The fourth-order valence-electron chi connectivity index (χ4n) is 4.33. The maximum absolute atomic E-state index is 12.6. The summed E-state index contributed by atoms with van der Waals surface area (Å²) in [5, 5.41) is 3.24. The molecule has 3 heterocycles. The highest BCUT2D eigenvalue weighted by Crippen LogP contribution is 2.27. The second-order valence-corrected chi connectivity index (χ2v) is 7.78. The second-order valence-electron chi connectivity index (χ2n) is 7.78. The summed E-state index contributed by atoms with van der Waals surface area (Å²) in [5.41, 5.74) is 1.04. The number of hydrogen-bond donors (Lipinski definition) is 1. The van der Waals surface area contributed by atoms with E-state index in [-0.39, 0.29) is 6.03 Å². The highest BCUT2D eigenvalue weighted by atomic mass is 16.2. The molecule has 0 radical (unpaired) electrons. The van der Waals surface area contributed by atoms with Gasteiger partial charge in [-0.05, 0) is 37.8 Å². The van der Waals surface area contributed by atoms with Gasteiger partial charge in [-0.25, -0.2) is 9.78 Å². The number of likely N-dealkylation sites (tertiary alicyclic amines) is 1. The lowest BCUT2D eigenvalue weighted by molar-refractivity contribution is 0.173. The highest BCUT2D eigenvalue weighted by molar-refractivity contribution is 5.74. The zero-order valence-electron chi connectivity index (χ0n) is 15.9. The molecule has 2 aromatic heterocycles. The van der Waals surface area contributed by atoms with E-state index in [4.69, 9.17) is 0 Å². The summed E-state index contributed by atoms with van der Waals surface area (Å²) in [5.74, 6) is 1.52. The van der Waals surface area contributed by atoms with Crippen LogP contribution in [0.25, 0.3) is 0 Å². The molecule has 1 N–H and O–H groups in total. The SMILES string of the molecule is O=C(NC1CCCCC1)N1CCC(c2nccn2Cc2ccccn2)CC1. The van der Waals surface area contributed by atoms with E-state index in [9.17, 15) is 4.79 Å². The van der Waals surface area contributed by atoms with Gasteiger partial charge in [0.15, 0.2) is 0 Å². The summed E-state index contributed by atoms with van der Waals surface area (Å²) in [4.78, 5) is 23.6. The Bertz CT molecular complexity index is 730. The molecule has 1 aliphatic carbocycles. The first-order valence-electron chi connectivity index (χ1n) is 10.3. The van der Waals surface area contributed by atoms with Crippen LogP contribution in [-0.4, -0.2) is 44.6 Å². The number of piperidine rings is 1. The fraction of sp³-hybridized carbons (Fsp3) is 0.571. The molecule has 0 unspecified atom stereocenters. The molecule has 4 rings (SSSR count). The van der Waals surface area contributed by atoms with E-state index in [0.29, 0.717) is 12.0 Å². The molecule has 6 nitrogen and oxygen atoms in total. The van der Waals surface area contributed by atoms with Crippen LogP contribution in [0.5, 0.6) is 0 Å². The van der Waals surface area contributed by atoms with Crippen LogP contribution >= 0.6 is 0 Å². The van der Waals surface area contributed by atoms with Crippen LogP contribution in [0.2, 0.25) is 0 Å². The molecule has 144 valence electrons. The van der Waals surface area contributed by atoms with Crippen molar-refractivity contribution >= 4 is 6.03 Å². The van der Waals surface area contributed by atoms with Gasteiger partial charge in [0, 0.05) is 43.6 Å². The lowest BCUT2D eigenvalue weighted by Crippen LogP contribution is -2.48. The number of aromatic nitrogens is 3. The predicted octanol–water partition coefficient (Wildman–Crippen LogP) is 3.55. The topological polar surface area (TPSA) is 63.1 Å². The van der Waals surface area contributed by atoms with E-state index in [2.05, 4.69) is 19.9 Å². The monoisotopic (exact) mass is 367 g/mol. The van der Waals surface area contributed by atoms with Crippen molar-refractivity contribution in [1.29, 1.82) is 0 Å². The molecular weight excluding hydrogens is 338 g/mol. The number of urea groups is 1. The van der Waals surface area contributed by atoms with Crippen molar-refractivity contribution in [3.63, 3.8) is 0 Å². The summed E-state index contributed by atoms with van der Waals surface area (Å²) in [6.45, 7) is 2.36. The van der Waals surface area contributed by atoms with Gasteiger partial charge in [0.2, 0.25) is 0 Å². The number of carbonyl (C=O) groups is 1. The van der Waals surface area contributed by atoms with Crippen LogP contribution in [0.1, 0.15) is 62.4 Å². The minimum absolute atomic E-state index is 0.122. The van der Waals surface area contributed by atoms with Gasteiger partial charge in [-0.2, -0.15) is 0 Å². The first-order valence-corrected chi connectivity index (χ1v) is 10.3. The largest absolute Gasteiger partial charge is 0.335 e. The Hall–Kier alpha value is -2.37. The van der Waals surface area contributed by atoms with Gasteiger partial charge in [0.05, 0.1) is 12.2 Å². The van der Waals surface area contributed by atoms with E-state index in [1.165, 1.54) is 19.3 Å². The fourth-order valence-corrected chi connectivity index (χ4v) is 4.33. The molecule has 2 aromatic rings. The van der Waals surface area contributed by atoms with Gasteiger partial charge in [0.1, 0.15) is 5.82 Å². The summed E-state index contributed by atoms with van der Waals surface area (Å²) in [6, 6.07) is 6.50. The summed E-state index contributed by atoms with van der Waals surface area (Å²) >= 11 is 0. The number of pyridine rings is 1. The lowest BCUT2D eigenvalue weighted by atomic mass is 9.95. The Kier molecular flexibility index (Phi) is 5.70. The highest BCUT2D eigenvalue weighted by Gasteiger charge is 2.27. The molecule has 2 amide bonds. The third kappa shape index (κ3) is 4.49. The predicted molar refractivity (Wildman–Crippen MR) is 105 cm³/mol. The van der Waals surface area contributed by atoms with Crippen molar-refractivity contribution < 1.29 is 4.79 Å². The van der Waals surface area contributed by atoms with E-state index in [1.54, 1.807) is 0 Å². The van der Waals surface area contributed by atoms with Gasteiger partial charge < -0.3 is 14.8 Å². The molecule has 1 saturated heterocycles. The molecule has 0 spiro atoms. The molecule has 2 aliphatic rings. The zero-order chi connectivity index (χ0) is 18.5. The maximum Gasteiger partial charge on any atom is 0.317 e. The first-order chi connectivity index (χ1) is 13.3. The molecule has 0 aromatic carbocycles. The van der Waals surface area contributed by atoms with Crippen molar-refractivity contribution in [3.05, 3.63) is 48.3 Å². The van der Waals surface area contributed by atoms with Crippen LogP contribution in [-0.2, 0) is 6.54 Å². The molecule has 0 atom stereocenters. The quantitative estimate of drug-likeness (QED) is 0.899. The zero-order valence-corrected chi connectivity index (χ0v) is 15.9. The Morgan fingerprint density at radius 3 is 2.59 bits per heavy atom. The van der Waals surface area contributed by atoms with Crippen molar-refractivity contribution in [1.82, 2.24) is 24.8 Å². The van der Waals surface area contributed by atoms with Crippen LogP contribution in [0.15, 0.2) is 36.8 Å². The Balaban J connectivity index is 1.32. The van der Waals surface area contributed by atoms with Crippen molar-refractivity contribution in [2.75, 3.05) is 13.1 Å². The van der Waals surface area contributed by atoms with Gasteiger partial charge in [-0.3, -0.25) is 4.98 Å². The summed E-state index contributed by atoms with van der Waals surface area (Å²) in [6.07, 6.45) is 13.7. The number of nitrogens with zero attached hydrogens (tertiary/aromatic N) is 4. The Morgan fingerprint density at radius 2 is 1.85 bits per heavy atom. The van der Waals surface area contributed by atoms with Crippen molar-refractivity contribution in [3.8, 4) is 0 Å². The first kappa shape index (κ1) is 18.0. The van der Waals surface area contributed by atoms with Crippen LogP contribution in [0.4, 0.5) is 4.79 Å². The smallest absolute Gasteiger partial charge is 0.317 e. The number of imidazole rings is 1. The maximum atomic E-state index is 12.6. The molecule has 1 aliphatic heterocycles. The molecule has 0 bridgehead atoms. The van der Waals surface area contributed by atoms with Gasteiger partial charge in [0.25, 0.3) is 0 Å². The average molecular weight is 367 g/mol.